The van der Waals surface area contributed by atoms with Crippen LogP contribution in [0.5, 0.6) is 0 Å². The maximum atomic E-state index is 12.3. The fourth-order valence-electron chi connectivity index (χ4n) is 1.70. The first-order chi connectivity index (χ1) is 8.40. The van der Waals surface area contributed by atoms with Gasteiger partial charge in [0, 0.05) is 11.4 Å². The van der Waals surface area contributed by atoms with Crippen LogP contribution in [-0.4, -0.2) is 20.9 Å². The normalized spacial score (nSPS) is 14.1. The van der Waals surface area contributed by atoms with Gasteiger partial charge in [0.05, 0.1) is 23.6 Å². The van der Waals surface area contributed by atoms with Crippen molar-refractivity contribution in [2.24, 2.45) is 5.73 Å². The van der Waals surface area contributed by atoms with Crippen molar-refractivity contribution in [1.29, 1.82) is 0 Å². The maximum Gasteiger partial charge on any atom is 0.408 e. The van der Waals surface area contributed by atoms with Crippen LogP contribution < -0.4 is 5.73 Å². The smallest absolute Gasteiger partial charge is 0.323 e. The Kier molecular flexibility index (Phi) is 3.25. The number of fused-ring (bicyclic) bond motifs is 1. The minimum Gasteiger partial charge on any atom is -0.323 e. The van der Waals surface area contributed by atoms with E-state index in [-0.39, 0.29) is 6.04 Å². The van der Waals surface area contributed by atoms with Gasteiger partial charge in [0.1, 0.15) is 6.54 Å². The van der Waals surface area contributed by atoms with Gasteiger partial charge in [-0.05, 0) is 12.5 Å². The summed E-state index contributed by atoms with van der Waals surface area (Å²) >= 11 is 0. The highest BCUT2D eigenvalue weighted by Crippen LogP contribution is 2.22. The van der Waals surface area contributed by atoms with Crippen molar-refractivity contribution in [3.8, 4) is 0 Å². The van der Waals surface area contributed by atoms with E-state index in [2.05, 4.69) is 10.1 Å². The molecule has 2 rings (SSSR count). The molecule has 2 aromatic rings. The van der Waals surface area contributed by atoms with E-state index in [1.54, 1.807) is 6.07 Å². The molecule has 0 fully saturated rings. The van der Waals surface area contributed by atoms with Crippen LogP contribution in [-0.2, 0) is 6.54 Å². The number of nitrogens with two attached hydrogens (primary N) is 1. The van der Waals surface area contributed by atoms with Gasteiger partial charge in [0.2, 0.25) is 0 Å². The number of aromatic nitrogens is 3. The molecule has 0 aliphatic carbocycles. The van der Waals surface area contributed by atoms with Gasteiger partial charge >= 0.3 is 6.18 Å². The minimum absolute atomic E-state index is 0.208. The van der Waals surface area contributed by atoms with Crippen LogP contribution in [0, 0.1) is 0 Å². The fourth-order valence-corrected chi connectivity index (χ4v) is 1.70. The highest BCUT2D eigenvalue weighted by Gasteiger charge is 2.29. The number of pyridine rings is 1. The lowest BCUT2D eigenvalue weighted by Crippen LogP contribution is -2.18. The first-order valence-corrected chi connectivity index (χ1v) is 5.54. The maximum absolute atomic E-state index is 12.3. The second-order valence-electron chi connectivity index (χ2n) is 4.10. The average Bonchev–Trinajstić information content (AvgIpc) is 2.68. The molecular weight excluding hydrogens is 245 g/mol. The SMILES string of the molecule is CC[C@@H](N)c1cc2cnn(CC(F)(F)F)c2cn1. The van der Waals surface area contributed by atoms with Crippen molar-refractivity contribution in [2.75, 3.05) is 0 Å². The summed E-state index contributed by atoms with van der Waals surface area (Å²) in [6, 6.07) is 1.48. The Hall–Kier alpha value is -1.63. The predicted octanol–water partition coefficient (Wildman–Crippen LogP) is 2.40. The highest BCUT2D eigenvalue weighted by molar-refractivity contribution is 5.78. The molecule has 1 atom stereocenters. The van der Waals surface area contributed by atoms with E-state index >= 15 is 0 Å². The standard InChI is InChI=1S/C11H13F3N4/c1-2-8(15)9-3-7-4-17-18(6-11(12,13)14)10(7)5-16-9/h3-5,8H,2,6,15H2,1H3/t8-/m1/s1. The van der Waals surface area contributed by atoms with E-state index in [0.29, 0.717) is 16.6 Å². The number of hydrogen-bond acceptors (Lipinski definition) is 3. The average molecular weight is 258 g/mol. The summed E-state index contributed by atoms with van der Waals surface area (Å²) in [5, 5.41) is 4.34. The Morgan fingerprint density at radius 3 is 2.72 bits per heavy atom. The Bertz CT molecular complexity index is 547. The number of halogens is 3. The van der Waals surface area contributed by atoms with Crippen LogP contribution in [0.15, 0.2) is 18.5 Å². The van der Waals surface area contributed by atoms with Gasteiger partial charge in [-0.1, -0.05) is 6.92 Å². The third kappa shape index (κ3) is 2.61. The zero-order chi connectivity index (χ0) is 13.3. The van der Waals surface area contributed by atoms with Crippen LogP contribution in [0.2, 0.25) is 0 Å². The van der Waals surface area contributed by atoms with E-state index in [4.69, 9.17) is 5.73 Å². The van der Waals surface area contributed by atoms with E-state index in [9.17, 15) is 13.2 Å². The predicted molar refractivity (Wildman–Crippen MR) is 60.8 cm³/mol. The zero-order valence-electron chi connectivity index (χ0n) is 9.78. The molecule has 0 bridgehead atoms. The number of hydrogen-bond donors (Lipinski definition) is 1. The molecule has 4 nitrogen and oxygen atoms in total. The highest BCUT2D eigenvalue weighted by atomic mass is 19.4. The Morgan fingerprint density at radius 1 is 1.39 bits per heavy atom. The first-order valence-electron chi connectivity index (χ1n) is 5.54. The van der Waals surface area contributed by atoms with Crippen molar-refractivity contribution >= 4 is 10.9 Å². The molecule has 0 unspecified atom stereocenters. The van der Waals surface area contributed by atoms with Crippen molar-refractivity contribution in [3.05, 3.63) is 24.2 Å². The summed E-state index contributed by atoms with van der Waals surface area (Å²) in [5.41, 5.74) is 6.85. The van der Waals surface area contributed by atoms with Crippen molar-refractivity contribution in [2.45, 2.75) is 32.1 Å². The van der Waals surface area contributed by atoms with E-state index in [1.165, 1.54) is 12.4 Å². The summed E-state index contributed by atoms with van der Waals surface area (Å²) in [5.74, 6) is 0. The summed E-state index contributed by atoms with van der Waals surface area (Å²) in [4.78, 5) is 4.09. The van der Waals surface area contributed by atoms with Crippen LogP contribution in [0.4, 0.5) is 13.2 Å². The molecule has 0 aliphatic heterocycles. The molecular formula is C11H13F3N4. The van der Waals surface area contributed by atoms with Crippen LogP contribution >= 0.6 is 0 Å². The number of rotatable bonds is 3. The van der Waals surface area contributed by atoms with Gasteiger partial charge in [-0.15, -0.1) is 0 Å². The summed E-state index contributed by atoms with van der Waals surface area (Å²) in [6.07, 6.45) is -0.791. The molecule has 2 aromatic heterocycles. The molecule has 7 heteroatoms. The molecule has 0 saturated heterocycles. The Labute approximate surface area is 102 Å². The molecule has 2 heterocycles. The van der Waals surface area contributed by atoms with E-state index in [0.717, 1.165) is 11.1 Å². The molecule has 2 N–H and O–H groups in total. The van der Waals surface area contributed by atoms with Crippen LogP contribution in [0.1, 0.15) is 25.1 Å². The molecule has 0 spiro atoms. The largest absolute Gasteiger partial charge is 0.408 e. The number of alkyl halides is 3. The Morgan fingerprint density at radius 2 is 2.11 bits per heavy atom. The van der Waals surface area contributed by atoms with Crippen LogP contribution in [0.3, 0.4) is 0 Å². The van der Waals surface area contributed by atoms with Crippen molar-refractivity contribution < 1.29 is 13.2 Å². The zero-order valence-corrected chi connectivity index (χ0v) is 9.78. The lowest BCUT2D eigenvalue weighted by molar-refractivity contribution is -0.141. The van der Waals surface area contributed by atoms with Gasteiger partial charge in [-0.3, -0.25) is 9.67 Å². The summed E-state index contributed by atoms with van der Waals surface area (Å²) in [6.45, 7) is 0.807. The third-order valence-corrected chi connectivity index (χ3v) is 2.70. The van der Waals surface area contributed by atoms with Crippen LogP contribution in [0.25, 0.3) is 10.9 Å². The number of nitrogens with zero attached hydrogens (tertiary/aromatic N) is 3. The monoisotopic (exact) mass is 258 g/mol. The molecule has 18 heavy (non-hydrogen) atoms. The lowest BCUT2D eigenvalue weighted by Gasteiger charge is -2.09. The Balaban J connectivity index is 2.38. The van der Waals surface area contributed by atoms with E-state index in [1.807, 2.05) is 6.92 Å². The van der Waals surface area contributed by atoms with Crippen molar-refractivity contribution in [1.82, 2.24) is 14.8 Å². The van der Waals surface area contributed by atoms with Gasteiger partial charge in [0.15, 0.2) is 0 Å². The molecule has 0 saturated carbocycles. The summed E-state index contributed by atoms with van der Waals surface area (Å²) < 4.78 is 37.8. The first kappa shape index (κ1) is 12.8. The molecule has 0 aromatic carbocycles. The van der Waals surface area contributed by atoms with Gasteiger partial charge in [-0.25, -0.2) is 0 Å². The summed E-state index contributed by atoms with van der Waals surface area (Å²) in [7, 11) is 0. The van der Waals surface area contributed by atoms with Gasteiger partial charge in [-0.2, -0.15) is 18.3 Å². The molecule has 0 amide bonds. The van der Waals surface area contributed by atoms with Gasteiger partial charge < -0.3 is 5.73 Å². The minimum atomic E-state index is -4.29. The quantitative estimate of drug-likeness (QED) is 0.919. The second kappa shape index (κ2) is 4.56. The molecule has 0 aliphatic rings. The molecule has 98 valence electrons. The van der Waals surface area contributed by atoms with E-state index < -0.39 is 12.7 Å². The lowest BCUT2D eigenvalue weighted by atomic mass is 10.1. The third-order valence-electron chi connectivity index (χ3n) is 2.70. The van der Waals surface area contributed by atoms with Crippen molar-refractivity contribution in [3.63, 3.8) is 0 Å². The topological polar surface area (TPSA) is 56.7 Å². The fraction of sp³-hybridized carbons (Fsp3) is 0.455. The second-order valence-corrected chi connectivity index (χ2v) is 4.10. The molecule has 0 radical (unpaired) electrons. The van der Waals surface area contributed by atoms with Gasteiger partial charge in [0.25, 0.3) is 0 Å².